The lowest BCUT2D eigenvalue weighted by Crippen LogP contribution is -2.40. The molecule has 96 valence electrons. The summed E-state index contributed by atoms with van der Waals surface area (Å²) >= 11 is 0. The van der Waals surface area contributed by atoms with Gasteiger partial charge >= 0.3 is 12.0 Å². The highest BCUT2D eigenvalue weighted by Crippen LogP contribution is 2.09. The summed E-state index contributed by atoms with van der Waals surface area (Å²) in [6, 6.07) is 2.61. The van der Waals surface area contributed by atoms with Crippen LogP contribution < -0.4 is 10.2 Å². The van der Waals surface area contributed by atoms with Crippen LogP contribution in [0.3, 0.4) is 0 Å². The van der Waals surface area contributed by atoms with E-state index in [1.165, 1.54) is 24.3 Å². The Kier molecular flexibility index (Phi) is 4.79. The summed E-state index contributed by atoms with van der Waals surface area (Å²) in [4.78, 5) is 38.2. The van der Waals surface area contributed by atoms with Gasteiger partial charge in [0, 0.05) is 31.5 Å². The topological polar surface area (TPSA) is 99.6 Å². The Hall–Kier alpha value is -2.44. The van der Waals surface area contributed by atoms with Crippen LogP contribution in [0.1, 0.15) is 12.8 Å². The van der Waals surface area contributed by atoms with Crippen molar-refractivity contribution in [1.82, 2.24) is 10.3 Å². The van der Waals surface area contributed by atoms with Gasteiger partial charge in [-0.25, -0.2) is 4.79 Å². The molecule has 1 heterocycles. The highest BCUT2D eigenvalue weighted by Gasteiger charge is 2.14. The van der Waals surface area contributed by atoms with Crippen molar-refractivity contribution in [2.24, 2.45) is 0 Å². The number of imide groups is 1. The third kappa shape index (κ3) is 4.20. The molecule has 0 aliphatic carbocycles. The highest BCUT2D eigenvalue weighted by atomic mass is 16.4. The Morgan fingerprint density at radius 2 is 1.89 bits per heavy atom. The van der Waals surface area contributed by atoms with Gasteiger partial charge in [0.05, 0.1) is 6.42 Å². The summed E-state index contributed by atoms with van der Waals surface area (Å²) in [6.07, 6.45) is 2.50. The first-order chi connectivity index (χ1) is 8.50. The molecule has 7 heteroatoms. The Morgan fingerprint density at radius 3 is 2.44 bits per heavy atom. The standard InChI is InChI=1S/C11H13N3O4/c1-14(8-4-6-12-7-5-8)11(18)13-9(15)2-3-10(16)17/h4-7H,2-3H2,1H3,(H,16,17)(H,13,15,18). The first-order valence-corrected chi connectivity index (χ1v) is 5.20. The number of nitrogens with one attached hydrogen (secondary N) is 1. The zero-order chi connectivity index (χ0) is 13.5. The summed E-state index contributed by atoms with van der Waals surface area (Å²) in [5, 5.41) is 10.5. The molecule has 18 heavy (non-hydrogen) atoms. The van der Waals surface area contributed by atoms with Crippen LogP contribution in [0.2, 0.25) is 0 Å². The zero-order valence-corrected chi connectivity index (χ0v) is 9.79. The molecule has 0 unspecified atom stereocenters. The minimum absolute atomic E-state index is 0.231. The number of aliphatic carboxylic acids is 1. The maximum Gasteiger partial charge on any atom is 0.328 e. The van der Waals surface area contributed by atoms with Crippen LogP contribution >= 0.6 is 0 Å². The minimum Gasteiger partial charge on any atom is -0.481 e. The van der Waals surface area contributed by atoms with Crippen molar-refractivity contribution < 1.29 is 19.5 Å². The van der Waals surface area contributed by atoms with E-state index in [4.69, 9.17) is 5.11 Å². The highest BCUT2D eigenvalue weighted by molar-refractivity contribution is 6.02. The first kappa shape index (κ1) is 13.6. The number of pyridine rings is 1. The van der Waals surface area contributed by atoms with Gasteiger partial charge < -0.3 is 5.11 Å². The van der Waals surface area contributed by atoms with Crippen molar-refractivity contribution in [3.63, 3.8) is 0 Å². The molecular weight excluding hydrogens is 238 g/mol. The van der Waals surface area contributed by atoms with Gasteiger partial charge in [-0.2, -0.15) is 0 Å². The minimum atomic E-state index is -1.08. The van der Waals surface area contributed by atoms with Crippen LogP contribution in [0.15, 0.2) is 24.5 Å². The molecule has 0 aliphatic heterocycles. The second kappa shape index (κ2) is 6.33. The number of carboxylic acids is 1. The van der Waals surface area contributed by atoms with E-state index in [1.807, 2.05) is 0 Å². The Morgan fingerprint density at radius 1 is 1.28 bits per heavy atom. The van der Waals surface area contributed by atoms with Gasteiger partial charge in [-0.3, -0.25) is 24.8 Å². The summed E-state index contributed by atoms with van der Waals surface area (Å²) in [6.45, 7) is 0. The molecule has 0 saturated carbocycles. The Bertz CT molecular complexity index is 447. The molecule has 3 amide bonds. The number of nitrogens with zero attached hydrogens (tertiary/aromatic N) is 2. The second-order valence-electron chi connectivity index (χ2n) is 3.51. The molecule has 0 atom stereocenters. The van der Waals surface area contributed by atoms with Gasteiger partial charge in [-0.1, -0.05) is 0 Å². The molecular formula is C11H13N3O4. The number of rotatable bonds is 4. The van der Waals surface area contributed by atoms with Crippen LogP contribution in [0.25, 0.3) is 0 Å². The maximum absolute atomic E-state index is 11.6. The molecule has 0 saturated heterocycles. The molecule has 1 rings (SSSR count). The van der Waals surface area contributed by atoms with Gasteiger partial charge in [0.15, 0.2) is 0 Å². The van der Waals surface area contributed by atoms with Crippen LogP contribution in [0, 0.1) is 0 Å². The van der Waals surface area contributed by atoms with E-state index in [1.54, 1.807) is 12.1 Å². The van der Waals surface area contributed by atoms with Crippen molar-refractivity contribution in [1.29, 1.82) is 0 Å². The number of carbonyl (C=O) groups is 3. The third-order valence-corrected chi connectivity index (χ3v) is 2.17. The van der Waals surface area contributed by atoms with Gasteiger partial charge in [0.2, 0.25) is 5.91 Å². The van der Waals surface area contributed by atoms with E-state index in [-0.39, 0.29) is 12.8 Å². The van der Waals surface area contributed by atoms with Crippen molar-refractivity contribution in [3.8, 4) is 0 Å². The number of aromatic nitrogens is 1. The molecule has 1 aromatic heterocycles. The molecule has 1 aromatic rings. The normalized spacial score (nSPS) is 9.61. The van der Waals surface area contributed by atoms with Crippen LogP contribution in [-0.4, -0.2) is 35.0 Å². The number of carbonyl (C=O) groups excluding carboxylic acids is 2. The quantitative estimate of drug-likeness (QED) is 0.817. The van der Waals surface area contributed by atoms with Crippen LogP contribution in [0.4, 0.5) is 10.5 Å². The largest absolute Gasteiger partial charge is 0.481 e. The fourth-order valence-electron chi connectivity index (χ4n) is 1.17. The number of amides is 3. The summed E-state index contributed by atoms with van der Waals surface area (Å²) in [7, 11) is 1.50. The van der Waals surface area contributed by atoms with Crippen molar-refractivity contribution in [2.45, 2.75) is 12.8 Å². The van der Waals surface area contributed by atoms with E-state index in [0.29, 0.717) is 5.69 Å². The van der Waals surface area contributed by atoms with Crippen LogP contribution in [0.5, 0.6) is 0 Å². The zero-order valence-electron chi connectivity index (χ0n) is 9.79. The molecule has 0 fully saturated rings. The van der Waals surface area contributed by atoms with Crippen LogP contribution in [-0.2, 0) is 9.59 Å². The number of hydrogen-bond donors (Lipinski definition) is 2. The van der Waals surface area contributed by atoms with E-state index in [9.17, 15) is 14.4 Å². The molecule has 0 radical (unpaired) electrons. The third-order valence-electron chi connectivity index (χ3n) is 2.17. The monoisotopic (exact) mass is 251 g/mol. The van der Waals surface area contributed by atoms with Gasteiger partial charge in [0.25, 0.3) is 0 Å². The predicted molar refractivity (Wildman–Crippen MR) is 63.0 cm³/mol. The number of hydrogen-bond acceptors (Lipinski definition) is 4. The predicted octanol–water partition coefficient (Wildman–Crippen LogP) is 0.619. The van der Waals surface area contributed by atoms with Gasteiger partial charge in [-0.15, -0.1) is 0 Å². The summed E-state index contributed by atoms with van der Waals surface area (Å²) in [5.74, 6) is -1.71. The van der Waals surface area contributed by atoms with Crippen molar-refractivity contribution in [3.05, 3.63) is 24.5 Å². The van der Waals surface area contributed by atoms with Gasteiger partial charge in [0.1, 0.15) is 0 Å². The van der Waals surface area contributed by atoms with E-state index in [2.05, 4.69) is 10.3 Å². The Labute approximate surface area is 103 Å². The second-order valence-corrected chi connectivity index (χ2v) is 3.51. The molecule has 0 bridgehead atoms. The summed E-state index contributed by atoms with van der Waals surface area (Å²) < 4.78 is 0. The fraction of sp³-hybridized carbons (Fsp3) is 0.273. The molecule has 0 aliphatic rings. The number of carboxylic acid groups (broad SMARTS) is 1. The van der Waals surface area contributed by atoms with E-state index < -0.39 is 17.9 Å². The fourth-order valence-corrected chi connectivity index (χ4v) is 1.17. The maximum atomic E-state index is 11.6. The van der Waals surface area contributed by atoms with Gasteiger partial charge in [-0.05, 0) is 12.1 Å². The smallest absolute Gasteiger partial charge is 0.328 e. The average Bonchev–Trinajstić information content (AvgIpc) is 2.36. The lowest BCUT2D eigenvalue weighted by molar-refractivity contribution is -0.138. The van der Waals surface area contributed by atoms with Crippen molar-refractivity contribution >= 4 is 23.6 Å². The molecule has 2 N–H and O–H groups in total. The molecule has 0 spiro atoms. The first-order valence-electron chi connectivity index (χ1n) is 5.20. The lowest BCUT2D eigenvalue weighted by atomic mass is 10.3. The molecule has 0 aromatic carbocycles. The lowest BCUT2D eigenvalue weighted by Gasteiger charge is -2.16. The van der Waals surface area contributed by atoms with E-state index in [0.717, 1.165) is 0 Å². The average molecular weight is 251 g/mol. The van der Waals surface area contributed by atoms with E-state index >= 15 is 0 Å². The van der Waals surface area contributed by atoms with Crippen molar-refractivity contribution in [2.75, 3.05) is 11.9 Å². The summed E-state index contributed by atoms with van der Waals surface area (Å²) in [5.41, 5.74) is 0.577. The number of anilines is 1. The number of urea groups is 1. The SMILES string of the molecule is CN(C(=O)NC(=O)CCC(=O)O)c1ccncc1. The Balaban J connectivity index is 2.50. The molecule has 7 nitrogen and oxygen atoms in total.